The molecule has 0 unspecified atom stereocenters. The molecule has 1 aliphatic rings. The number of aryl methyl sites for hydroxylation is 5. The molecule has 4 heterocycles. The van der Waals surface area contributed by atoms with Gasteiger partial charge in [-0.15, -0.1) is 0 Å². The van der Waals surface area contributed by atoms with Crippen molar-refractivity contribution >= 4 is 63.9 Å². The first-order valence-electron chi connectivity index (χ1n) is 12.3. The first-order chi connectivity index (χ1) is 16.8. The first kappa shape index (κ1) is 27.0. The summed E-state index contributed by atoms with van der Waals surface area (Å²) in [6, 6.07) is 0. The van der Waals surface area contributed by atoms with Crippen molar-refractivity contribution in [3.8, 4) is 0 Å². The largest absolute Gasteiger partial charge is 0.350 e. The molecule has 4 rings (SSSR count). The van der Waals surface area contributed by atoms with E-state index in [1.807, 2.05) is 25.6 Å². The molecular formula is C22H28B6N8. The molecule has 1 aliphatic heterocycles. The topological polar surface area (TPSA) is 67.9 Å². The van der Waals surface area contributed by atoms with Gasteiger partial charge in [0.2, 0.25) is 0 Å². The zero-order chi connectivity index (χ0) is 26.4. The lowest BCUT2D eigenvalue weighted by molar-refractivity contribution is 0.264. The maximum absolute atomic E-state index is 5.76. The second kappa shape index (κ2) is 9.99. The van der Waals surface area contributed by atoms with Gasteiger partial charge in [-0.1, -0.05) is 16.9 Å². The van der Waals surface area contributed by atoms with Crippen LogP contribution in [0.2, 0.25) is 0 Å². The van der Waals surface area contributed by atoms with E-state index in [0.717, 1.165) is 79.4 Å². The molecule has 174 valence electrons. The molecule has 3 aromatic rings. The minimum atomic E-state index is -1.69. The lowest BCUT2D eigenvalue weighted by Gasteiger charge is -2.48. The second-order valence-corrected chi connectivity index (χ2v) is 9.89. The molecule has 0 aromatic carbocycles. The van der Waals surface area contributed by atoms with Crippen LogP contribution in [-0.4, -0.2) is 105 Å². The van der Waals surface area contributed by atoms with Gasteiger partial charge < -0.3 is 9.80 Å². The van der Waals surface area contributed by atoms with E-state index in [1.54, 1.807) is 0 Å². The number of hydrogen-bond acceptors (Lipinski definition) is 6. The van der Waals surface area contributed by atoms with E-state index in [-0.39, 0.29) is 0 Å². The molecule has 0 bridgehead atoms. The lowest BCUT2D eigenvalue weighted by atomic mass is 9.40. The molecule has 8 nitrogen and oxygen atoms in total. The highest BCUT2D eigenvalue weighted by Crippen LogP contribution is 2.31. The lowest BCUT2D eigenvalue weighted by Crippen LogP contribution is -2.63. The Bertz CT molecular complexity index is 1230. The van der Waals surface area contributed by atoms with Crippen LogP contribution in [0.3, 0.4) is 0 Å². The summed E-state index contributed by atoms with van der Waals surface area (Å²) >= 11 is 0. The molecule has 0 fully saturated rings. The Kier molecular flexibility index (Phi) is 7.48. The van der Waals surface area contributed by atoms with Crippen molar-refractivity contribution in [2.45, 2.75) is 70.0 Å². The molecule has 0 N–H and O–H groups in total. The first-order valence-corrected chi connectivity index (χ1v) is 12.3. The number of nitrogens with zero attached hydrogens (tertiary/aromatic N) is 8. The van der Waals surface area contributed by atoms with Crippen LogP contribution >= 0.6 is 0 Å². The van der Waals surface area contributed by atoms with Crippen LogP contribution in [0.25, 0.3) is 11.0 Å². The summed E-state index contributed by atoms with van der Waals surface area (Å²) in [6.45, 7) is 8.78. The van der Waals surface area contributed by atoms with E-state index in [2.05, 4.69) is 26.6 Å². The van der Waals surface area contributed by atoms with Crippen LogP contribution in [0.1, 0.15) is 47.7 Å². The summed E-state index contributed by atoms with van der Waals surface area (Å²) in [7, 11) is 36.5. The van der Waals surface area contributed by atoms with Crippen molar-refractivity contribution in [2.24, 2.45) is 7.05 Å². The maximum atomic E-state index is 5.76. The molecule has 3 aromatic heterocycles. The Morgan fingerprint density at radius 3 is 2.25 bits per heavy atom. The van der Waals surface area contributed by atoms with E-state index >= 15 is 0 Å². The highest BCUT2D eigenvalue weighted by molar-refractivity contribution is 6.63. The molecule has 36 heavy (non-hydrogen) atoms. The Labute approximate surface area is 221 Å². The number of rotatable bonds is 9. The molecule has 0 saturated heterocycles. The van der Waals surface area contributed by atoms with Gasteiger partial charge in [-0.2, -0.15) is 10.2 Å². The van der Waals surface area contributed by atoms with Crippen LogP contribution in [0, 0.1) is 20.8 Å². The van der Waals surface area contributed by atoms with E-state index in [9.17, 15) is 0 Å². The SMILES string of the molecule is [B]C([B])([B])N(CCCCCn1nc(C)c2c1CCN(c1nc(C)nc3c(C)nn(C)c13)C2)C([B])([B])[B]. The van der Waals surface area contributed by atoms with Gasteiger partial charge in [0, 0.05) is 44.4 Å². The van der Waals surface area contributed by atoms with Crippen molar-refractivity contribution in [3.05, 3.63) is 28.5 Å². The number of anilines is 1. The summed E-state index contributed by atoms with van der Waals surface area (Å²) in [5.74, 6) is 1.67. The minimum Gasteiger partial charge on any atom is -0.350 e. The van der Waals surface area contributed by atoms with E-state index in [4.69, 9.17) is 57.2 Å². The number of fused-ring (bicyclic) bond motifs is 2. The summed E-state index contributed by atoms with van der Waals surface area (Å²) in [5.41, 5.74) is 6.37. The fourth-order valence-electron chi connectivity index (χ4n) is 5.10. The van der Waals surface area contributed by atoms with Crippen molar-refractivity contribution in [1.82, 2.24) is 34.4 Å². The normalized spacial score (nSPS) is 14.6. The Balaban J connectivity index is 1.42. The molecule has 0 amide bonds. The van der Waals surface area contributed by atoms with Gasteiger partial charge >= 0.3 is 0 Å². The molecule has 0 aliphatic carbocycles. The third kappa shape index (κ3) is 5.43. The number of unbranched alkanes of at least 4 members (excludes halogenated alkanes) is 2. The van der Waals surface area contributed by atoms with Crippen molar-refractivity contribution in [2.75, 3.05) is 18.0 Å². The van der Waals surface area contributed by atoms with Crippen molar-refractivity contribution in [1.29, 1.82) is 0 Å². The molecule has 12 radical (unpaired) electrons. The Morgan fingerprint density at radius 1 is 0.889 bits per heavy atom. The quantitative estimate of drug-likeness (QED) is 0.318. The molecular weight excluding hydrogens is 441 g/mol. The third-order valence-corrected chi connectivity index (χ3v) is 6.76. The second-order valence-electron chi connectivity index (χ2n) is 9.89. The van der Waals surface area contributed by atoms with Crippen molar-refractivity contribution in [3.63, 3.8) is 0 Å². The van der Waals surface area contributed by atoms with Crippen LogP contribution < -0.4 is 4.90 Å². The van der Waals surface area contributed by atoms with Gasteiger partial charge in [-0.05, 0) is 40.2 Å². The fraction of sp³-hybridized carbons (Fsp3) is 0.636. The average molecular weight is 469 g/mol. The monoisotopic (exact) mass is 470 g/mol. The predicted molar refractivity (Wildman–Crippen MR) is 148 cm³/mol. The van der Waals surface area contributed by atoms with Gasteiger partial charge in [0.05, 0.1) is 58.5 Å². The van der Waals surface area contributed by atoms with Gasteiger partial charge in [0.25, 0.3) is 0 Å². The smallest absolute Gasteiger partial charge is 0.158 e. The number of aromatic nitrogens is 6. The predicted octanol–water partition coefficient (Wildman–Crippen LogP) is -0.246. The molecule has 14 heteroatoms. The standard InChI is InChI=1S/C22H28B6N8/c1-13-16-12-34(20-19-18(29-15(3)30-20)14(2)31-33(19)4)11-8-17(16)35(32-13)9-6-5-7-10-36(21(23,24)25)22(26,27)28/h5-12H2,1-4H3. The zero-order valence-electron chi connectivity index (χ0n) is 21.7. The molecule has 0 spiro atoms. The van der Waals surface area contributed by atoms with Crippen LogP contribution in [0.15, 0.2) is 0 Å². The summed E-state index contributed by atoms with van der Waals surface area (Å²) < 4.78 is 4.01. The van der Waals surface area contributed by atoms with Crippen LogP contribution in [-0.2, 0) is 26.6 Å². The summed E-state index contributed by atoms with van der Waals surface area (Å²) in [5, 5.41) is 6.03. The highest BCUT2D eigenvalue weighted by Gasteiger charge is 2.29. The minimum absolute atomic E-state index is 0.387. The van der Waals surface area contributed by atoms with E-state index < -0.39 is 10.5 Å². The Hall–Kier alpha value is -2.09. The van der Waals surface area contributed by atoms with Gasteiger partial charge in [0.15, 0.2) is 5.82 Å². The Morgan fingerprint density at radius 2 is 1.58 bits per heavy atom. The van der Waals surface area contributed by atoms with Gasteiger partial charge in [0.1, 0.15) is 16.9 Å². The van der Waals surface area contributed by atoms with E-state index in [1.165, 1.54) is 16.2 Å². The van der Waals surface area contributed by atoms with Crippen LogP contribution in [0.5, 0.6) is 0 Å². The molecule has 0 atom stereocenters. The van der Waals surface area contributed by atoms with Gasteiger partial charge in [-0.25, -0.2) is 9.97 Å². The van der Waals surface area contributed by atoms with E-state index in [0.29, 0.717) is 6.54 Å². The third-order valence-electron chi connectivity index (χ3n) is 6.76. The van der Waals surface area contributed by atoms with Crippen molar-refractivity contribution < 1.29 is 0 Å². The zero-order valence-corrected chi connectivity index (χ0v) is 21.7. The average Bonchev–Trinajstić information content (AvgIpc) is 3.23. The van der Waals surface area contributed by atoms with Crippen LogP contribution in [0.4, 0.5) is 5.82 Å². The molecule has 0 saturated carbocycles. The highest BCUT2D eigenvalue weighted by atomic mass is 15.3. The van der Waals surface area contributed by atoms with Gasteiger partial charge in [-0.3, -0.25) is 9.36 Å². The fourth-order valence-corrected chi connectivity index (χ4v) is 5.10. The summed E-state index contributed by atoms with van der Waals surface area (Å²) in [6.07, 6.45) is 3.44. The number of hydrogen-bond donors (Lipinski definition) is 0. The summed E-state index contributed by atoms with van der Waals surface area (Å²) in [4.78, 5) is 13.0. The maximum Gasteiger partial charge on any atom is 0.158 e.